The average Bonchev–Trinajstić information content (AvgIpc) is 3.01. The molecule has 0 amide bonds. The highest BCUT2D eigenvalue weighted by atomic mass is 31.2. The van der Waals surface area contributed by atoms with Gasteiger partial charge in [0.25, 0.3) is 7.59 Å². The van der Waals surface area contributed by atoms with Gasteiger partial charge in [0.15, 0.2) is 0 Å². The smallest absolute Gasteiger partial charge is 0.324 e. The van der Waals surface area contributed by atoms with Crippen molar-refractivity contribution < 1.29 is 22.1 Å². The van der Waals surface area contributed by atoms with Gasteiger partial charge in [0.1, 0.15) is 23.3 Å². The molecule has 2 aromatic carbocycles. The lowest BCUT2D eigenvalue weighted by atomic mass is 10.2. The summed E-state index contributed by atoms with van der Waals surface area (Å²) in [5.41, 5.74) is 11.1. The van der Waals surface area contributed by atoms with E-state index in [1.54, 1.807) is 6.92 Å². The highest BCUT2D eigenvalue weighted by molar-refractivity contribution is 7.60. The third-order valence-electron chi connectivity index (χ3n) is 4.48. The summed E-state index contributed by atoms with van der Waals surface area (Å²) in [6.45, 7) is 1.67. The zero-order valence-corrected chi connectivity index (χ0v) is 17.8. The monoisotopic (exact) mass is 480 g/mol. The van der Waals surface area contributed by atoms with E-state index in [9.17, 15) is 22.1 Å². The largest absolute Gasteiger partial charge is 0.416 e. The number of imidazole rings is 1. The van der Waals surface area contributed by atoms with Gasteiger partial charge in [-0.25, -0.2) is 9.37 Å². The second-order valence-electron chi connectivity index (χ2n) is 7.08. The molecule has 0 spiro atoms. The number of aryl methyl sites for hydroxylation is 1. The predicted molar refractivity (Wildman–Crippen MR) is 116 cm³/mol. The Bertz CT molecular complexity index is 1380. The Hall–Kier alpha value is -3.54. The van der Waals surface area contributed by atoms with Crippen LogP contribution >= 0.6 is 7.59 Å². The average molecular weight is 480 g/mol. The molecule has 2 aromatic heterocycles. The molecule has 2 heterocycles. The Morgan fingerprint density at radius 3 is 2.33 bits per heavy atom. The normalized spacial score (nSPS) is 12.2. The maximum atomic E-state index is 13.9. The SMILES string of the molecule is Cc1nc2ccc(F)cc2n1-c1cc(NP(N)(N)=O)nc(Nc2ccc(C(F)(F)F)cc2)n1. The molecule has 6 N–H and O–H groups in total. The Morgan fingerprint density at radius 2 is 1.70 bits per heavy atom. The molecule has 172 valence electrons. The number of fused-ring (bicyclic) bond motifs is 1. The summed E-state index contributed by atoms with van der Waals surface area (Å²) in [5, 5.41) is 5.16. The van der Waals surface area contributed by atoms with E-state index in [1.807, 2.05) is 0 Å². The van der Waals surface area contributed by atoms with Crippen molar-refractivity contribution in [2.24, 2.45) is 11.0 Å². The molecule has 4 rings (SSSR count). The van der Waals surface area contributed by atoms with Crippen molar-refractivity contribution in [2.75, 3.05) is 10.4 Å². The summed E-state index contributed by atoms with van der Waals surface area (Å²) in [5.74, 6) is 0.0687. The molecule has 0 saturated carbocycles. The number of benzene rings is 2. The van der Waals surface area contributed by atoms with Crippen LogP contribution in [0, 0.1) is 12.7 Å². The second-order valence-corrected chi connectivity index (χ2v) is 8.73. The zero-order valence-electron chi connectivity index (χ0n) is 16.9. The predicted octanol–water partition coefficient (Wildman–Crippen LogP) is 4.46. The molecule has 14 heteroatoms. The first-order valence-corrected chi connectivity index (χ1v) is 11.2. The molecule has 0 aliphatic rings. The van der Waals surface area contributed by atoms with Crippen molar-refractivity contribution >= 4 is 36.1 Å². The number of nitrogens with one attached hydrogen (secondary N) is 2. The fourth-order valence-corrected chi connectivity index (χ4v) is 3.64. The standard InChI is InChI=1S/C19H17F4N8OP/c1-10-26-14-7-4-12(20)8-15(14)31(10)17-9-16(30-33(24,25)32)28-18(29-17)27-13-5-2-11(3-6-13)19(21,22)23/h2-9H,1H3,(H6,24,25,27,28,29,30,32). The third kappa shape index (κ3) is 5.11. The Kier molecular flexibility index (Phi) is 5.56. The number of aromatic nitrogens is 4. The van der Waals surface area contributed by atoms with Crippen LogP contribution in [0.1, 0.15) is 11.4 Å². The minimum atomic E-state index is -4.48. The summed E-state index contributed by atoms with van der Waals surface area (Å²) < 4.78 is 65.8. The number of halogens is 4. The van der Waals surface area contributed by atoms with Gasteiger partial charge in [-0.05, 0) is 43.3 Å². The molecule has 0 atom stereocenters. The van der Waals surface area contributed by atoms with Crippen LogP contribution in [0.3, 0.4) is 0 Å². The number of hydrogen-bond acceptors (Lipinski definition) is 5. The molecule has 0 unspecified atom stereocenters. The first-order chi connectivity index (χ1) is 15.4. The van der Waals surface area contributed by atoms with Crippen molar-refractivity contribution in [1.29, 1.82) is 0 Å². The lowest BCUT2D eigenvalue weighted by molar-refractivity contribution is -0.137. The zero-order chi connectivity index (χ0) is 24.0. The first kappa shape index (κ1) is 22.6. The second kappa shape index (κ2) is 8.10. The van der Waals surface area contributed by atoms with Gasteiger partial charge < -0.3 is 5.32 Å². The Morgan fingerprint density at radius 1 is 1.00 bits per heavy atom. The molecule has 0 aliphatic heterocycles. The van der Waals surface area contributed by atoms with Crippen LogP contribution in [0.5, 0.6) is 0 Å². The summed E-state index contributed by atoms with van der Waals surface area (Å²) in [6, 6.07) is 9.62. The van der Waals surface area contributed by atoms with E-state index < -0.39 is 25.2 Å². The van der Waals surface area contributed by atoms with E-state index in [4.69, 9.17) is 11.0 Å². The molecule has 0 bridgehead atoms. The van der Waals surface area contributed by atoms with E-state index in [0.717, 1.165) is 12.1 Å². The van der Waals surface area contributed by atoms with Gasteiger partial charge in [-0.3, -0.25) is 25.2 Å². The molecule has 33 heavy (non-hydrogen) atoms. The fourth-order valence-electron chi connectivity index (χ4n) is 3.17. The van der Waals surface area contributed by atoms with Crippen molar-refractivity contribution in [3.05, 3.63) is 65.7 Å². The van der Waals surface area contributed by atoms with Crippen molar-refractivity contribution in [2.45, 2.75) is 13.1 Å². The molecule has 9 nitrogen and oxygen atoms in total. The minimum Gasteiger partial charge on any atom is -0.324 e. The van der Waals surface area contributed by atoms with Gasteiger partial charge in [0, 0.05) is 17.8 Å². The molecule has 0 saturated heterocycles. The fraction of sp³-hybridized carbons (Fsp3) is 0.105. The van der Waals surface area contributed by atoms with Crippen molar-refractivity contribution in [3.8, 4) is 5.82 Å². The lowest BCUT2D eigenvalue weighted by Gasteiger charge is -2.15. The molecule has 4 aromatic rings. The van der Waals surface area contributed by atoms with Gasteiger partial charge in [-0.1, -0.05) is 0 Å². The Balaban J connectivity index is 1.80. The highest BCUT2D eigenvalue weighted by Gasteiger charge is 2.30. The van der Waals surface area contributed by atoms with Crippen LogP contribution < -0.4 is 21.4 Å². The summed E-state index contributed by atoms with van der Waals surface area (Å²) in [7, 11) is -3.76. The number of hydrogen-bond donors (Lipinski definition) is 4. The van der Waals surface area contributed by atoms with Crippen LogP contribution in [0.2, 0.25) is 0 Å². The van der Waals surface area contributed by atoms with E-state index in [0.29, 0.717) is 16.9 Å². The minimum absolute atomic E-state index is 0.0274. The summed E-state index contributed by atoms with van der Waals surface area (Å²) >= 11 is 0. The van der Waals surface area contributed by atoms with Crippen LogP contribution in [0.25, 0.3) is 16.9 Å². The quantitative estimate of drug-likeness (QED) is 0.243. The Labute approximate surface area is 184 Å². The molecule has 0 fully saturated rings. The summed E-state index contributed by atoms with van der Waals surface area (Å²) in [6.07, 6.45) is -4.48. The van der Waals surface area contributed by atoms with Gasteiger partial charge in [-0.2, -0.15) is 23.1 Å². The topological polar surface area (TPSA) is 137 Å². The van der Waals surface area contributed by atoms with E-state index >= 15 is 0 Å². The lowest BCUT2D eigenvalue weighted by Crippen LogP contribution is -2.15. The van der Waals surface area contributed by atoms with Crippen LogP contribution in [0.4, 0.5) is 35.0 Å². The van der Waals surface area contributed by atoms with Gasteiger partial charge in [0.05, 0.1) is 16.6 Å². The van der Waals surface area contributed by atoms with E-state index in [2.05, 4.69) is 25.4 Å². The number of nitrogens with two attached hydrogens (primary N) is 2. The van der Waals surface area contributed by atoms with E-state index in [1.165, 1.54) is 41.0 Å². The van der Waals surface area contributed by atoms with Crippen LogP contribution in [-0.2, 0) is 10.7 Å². The van der Waals surface area contributed by atoms with Crippen molar-refractivity contribution in [1.82, 2.24) is 19.5 Å². The first-order valence-electron chi connectivity index (χ1n) is 9.33. The van der Waals surface area contributed by atoms with E-state index in [-0.39, 0.29) is 23.3 Å². The molecular formula is C19H17F4N8OP. The highest BCUT2D eigenvalue weighted by Crippen LogP contribution is 2.32. The van der Waals surface area contributed by atoms with Crippen LogP contribution in [-0.4, -0.2) is 19.5 Å². The summed E-state index contributed by atoms with van der Waals surface area (Å²) in [4.78, 5) is 12.9. The van der Waals surface area contributed by atoms with Gasteiger partial charge in [0.2, 0.25) is 5.95 Å². The van der Waals surface area contributed by atoms with Crippen molar-refractivity contribution in [3.63, 3.8) is 0 Å². The number of alkyl halides is 3. The maximum absolute atomic E-state index is 13.9. The van der Waals surface area contributed by atoms with Crippen LogP contribution in [0.15, 0.2) is 48.5 Å². The number of rotatable bonds is 5. The maximum Gasteiger partial charge on any atom is 0.416 e. The number of nitrogens with zero attached hydrogens (tertiary/aromatic N) is 4. The number of anilines is 3. The third-order valence-corrected chi connectivity index (χ3v) is 5.06. The van der Waals surface area contributed by atoms with Gasteiger partial charge in [-0.15, -0.1) is 0 Å². The van der Waals surface area contributed by atoms with Gasteiger partial charge >= 0.3 is 6.18 Å². The molecular weight excluding hydrogens is 463 g/mol. The molecule has 0 radical (unpaired) electrons. The molecule has 0 aliphatic carbocycles.